The van der Waals surface area contributed by atoms with E-state index in [1.54, 1.807) is 18.2 Å². The molecule has 1 aliphatic rings. The Morgan fingerprint density at radius 3 is 2.38 bits per heavy atom. The SMILES string of the molecule is O=C1Nc2ccc(Br)cc2/C1=C/c1cc(Br)c(O)c(Br)c1. The number of hydrogen-bond acceptors (Lipinski definition) is 2. The van der Waals surface area contributed by atoms with E-state index in [4.69, 9.17) is 0 Å². The quantitative estimate of drug-likeness (QED) is 0.561. The second-order valence-electron chi connectivity index (χ2n) is 4.54. The van der Waals surface area contributed by atoms with E-state index in [9.17, 15) is 9.90 Å². The number of nitrogens with one attached hydrogen (secondary N) is 1. The molecule has 0 saturated carbocycles. The third-order valence-corrected chi connectivity index (χ3v) is 4.82. The van der Waals surface area contributed by atoms with Gasteiger partial charge in [-0.2, -0.15) is 0 Å². The van der Waals surface area contributed by atoms with E-state index < -0.39 is 0 Å². The fourth-order valence-electron chi connectivity index (χ4n) is 2.14. The fourth-order valence-corrected chi connectivity index (χ4v) is 3.72. The summed E-state index contributed by atoms with van der Waals surface area (Å²) in [6.07, 6.45) is 1.79. The van der Waals surface area contributed by atoms with Crippen LogP contribution in [0.2, 0.25) is 0 Å². The van der Waals surface area contributed by atoms with Gasteiger partial charge in [0.2, 0.25) is 0 Å². The number of hydrogen-bond donors (Lipinski definition) is 2. The van der Waals surface area contributed by atoms with E-state index in [2.05, 4.69) is 53.1 Å². The normalized spacial score (nSPS) is 15.2. The number of aromatic hydroxyl groups is 1. The lowest BCUT2D eigenvalue weighted by Crippen LogP contribution is -2.03. The molecule has 1 aliphatic heterocycles. The maximum Gasteiger partial charge on any atom is 0.256 e. The number of fused-ring (bicyclic) bond motifs is 1. The highest BCUT2D eigenvalue weighted by Crippen LogP contribution is 2.37. The zero-order valence-electron chi connectivity index (χ0n) is 10.5. The molecule has 1 heterocycles. The van der Waals surface area contributed by atoms with Gasteiger partial charge in [-0.1, -0.05) is 15.9 Å². The van der Waals surface area contributed by atoms with Gasteiger partial charge in [-0.25, -0.2) is 0 Å². The molecule has 0 radical (unpaired) electrons. The number of anilines is 1. The minimum atomic E-state index is -0.136. The number of amides is 1. The van der Waals surface area contributed by atoms with Crippen LogP contribution in [0.15, 0.2) is 43.7 Å². The van der Waals surface area contributed by atoms with Crippen LogP contribution in [0.1, 0.15) is 11.1 Å². The lowest BCUT2D eigenvalue weighted by atomic mass is 10.0. The van der Waals surface area contributed by atoms with Gasteiger partial charge in [-0.3, -0.25) is 4.79 Å². The van der Waals surface area contributed by atoms with Crippen molar-refractivity contribution in [3.63, 3.8) is 0 Å². The Hall–Kier alpha value is -1.11. The van der Waals surface area contributed by atoms with Crippen LogP contribution >= 0.6 is 47.8 Å². The third-order valence-electron chi connectivity index (χ3n) is 3.11. The number of halogens is 3. The molecule has 0 bridgehead atoms. The van der Waals surface area contributed by atoms with Crippen molar-refractivity contribution in [2.24, 2.45) is 0 Å². The predicted molar refractivity (Wildman–Crippen MR) is 94.1 cm³/mol. The van der Waals surface area contributed by atoms with E-state index in [1.807, 2.05) is 18.2 Å². The Morgan fingerprint density at radius 2 is 1.71 bits per heavy atom. The van der Waals surface area contributed by atoms with Gasteiger partial charge in [0.1, 0.15) is 5.75 Å². The molecule has 0 fully saturated rings. The minimum absolute atomic E-state index is 0.135. The van der Waals surface area contributed by atoms with Gasteiger partial charge in [0.05, 0.1) is 8.95 Å². The maximum absolute atomic E-state index is 12.1. The highest BCUT2D eigenvalue weighted by Gasteiger charge is 2.24. The Labute approximate surface area is 146 Å². The molecule has 3 nitrogen and oxygen atoms in total. The van der Waals surface area contributed by atoms with Gasteiger partial charge in [-0.05, 0) is 73.8 Å². The zero-order valence-corrected chi connectivity index (χ0v) is 15.2. The Kier molecular flexibility index (Phi) is 3.94. The van der Waals surface area contributed by atoms with Crippen LogP contribution in [-0.2, 0) is 4.79 Å². The number of benzene rings is 2. The van der Waals surface area contributed by atoms with Crippen molar-refractivity contribution >= 4 is 71.0 Å². The van der Waals surface area contributed by atoms with Gasteiger partial charge in [0.15, 0.2) is 0 Å². The smallest absolute Gasteiger partial charge is 0.256 e. The highest BCUT2D eigenvalue weighted by molar-refractivity contribution is 9.11. The standard InChI is InChI=1S/C15H8Br3NO2/c16-8-1-2-13-9(6-8)10(15(21)19-13)3-7-4-11(17)14(20)12(18)5-7/h1-6,20H,(H,19,21)/b10-3-. The number of phenols is 1. The van der Waals surface area contributed by atoms with Crippen molar-refractivity contribution in [3.8, 4) is 5.75 Å². The summed E-state index contributed by atoms with van der Waals surface area (Å²) >= 11 is 9.99. The second kappa shape index (κ2) is 5.59. The largest absolute Gasteiger partial charge is 0.506 e. The number of carbonyl (C=O) groups excluding carboxylic acids is 1. The van der Waals surface area contributed by atoms with Crippen LogP contribution in [0, 0.1) is 0 Å². The molecule has 0 unspecified atom stereocenters. The highest BCUT2D eigenvalue weighted by atomic mass is 79.9. The summed E-state index contributed by atoms with van der Waals surface area (Å²) in [5, 5.41) is 12.6. The number of rotatable bonds is 1. The van der Waals surface area contributed by atoms with E-state index >= 15 is 0 Å². The van der Waals surface area contributed by atoms with Crippen molar-refractivity contribution in [1.29, 1.82) is 0 Å². The molecule has 0 atom stereocenters. The summed E-state index contributed by atoms with van der Waals surface area (Å²) in [6, 6.07) is 9.17. The molecule has 21 heavy (non-hydrogen) atoms. The molecule has 0 aromatic heterocycles. The Balaban J connectivity index is 2.13. The first-order valence-electron chi connectivity index (χ1n) is 5.96. The summed E-state index contributed by atoms with van der Waals surface area (Å²) in [4.78, 5) is 12.1. The predicted octanol–water partition coefficient (Wildman–Crippen LogP) is 5.17. The molecule has 106 valence electrons. The molecule has 0 spiro atoms. The fraction of sp³-hybridized carbons (Fsp3) is 0. The Morgan fingerprint density at radius 1 is 1.05 bits per heavy atom. The molecule has 2 aromatic carbocycles. The average molecular weight is 474 g/mol. The number of carbonyl (C=O) groups is 1. The molecular formula is C15H8Br3NO2. The lowest BCUT2D eigenvalue weighted by molar-refractivity contribution is -0.110. The Bertz CT molecular complexity index is 776. The van der Waals surface area contributed by atoms with Crippen molar-refractivity contribution in [1.82, 2.24) is 0 Å². The summed E-state index contributed by atoms with van der Waals surface area (Å²) in [5.74, 6) is -0.000382. The minimum Gasteiger partial charge on any atom is -0.506 e. The first-order chi connectivity index (χ1) is 9.95. The van der Waals surface area contributed by atoms with Crippen LogP contribution in [0.25, 0.3) is 11.6 Å². The number of phenolic OH excluding ortho intramolecular Hbond substituents is 1. The summed E-state index contributed by atoms with van der Waals surface area (Å²) in [6.45, 7) is 0. The summed E-state index contributed by atoms with van der Waals surface area (Å²) < 4.78 is 2.05. The van der Waals surface area contributed by atoms with Crippen LogP contribution in [0.3, 0.4) is 0 Å². The average Bonchev–Trinajstić information content (AvgIpc) is 2.72. The molecule has 3 rings (SSSR count). The van der Waals surface area contributed by atoms with Crippen molar-refractivity contribution in [2.75, 3.05) is 5.32 Å². The van der Waals surface area contributed by atoms with Gasteiger partial charge < -0.3 is 10.4 Å². The summed E-state index contributed by atoms with van der Waals surface area (Å²) in [5.41, 5.74) is 3.06. The molecule has 2 N–H and O–H groups in total. The lowest BCUT2D eigenvalue weighted by Gasteiger charge is -2.04. The van der Waals surface area contributed by atoms with E-state index in [1.165, 1.54) is 0 Å². The molecule has 6 heteroatoms. The van der Waals surface area contributed by atoms with E-state index in [0.717, 1.165) is 21.3 Å². The third kappa shape index (κ3) is 2.80. The monoisotopic (exact) mass is 471 g/mol. The van der Waals surface area contributed by atoms with E-state index in [-0.39, 0.29) is 11.7 Å². The van der Waals surface area contributed by atoms with E-state index in [0.29, 0.717) is 14.5 Å². The van der Waals surface area contributed by atoms with Crippen molar-refractivity contribution in [2.45, 2.75) is 0 Å². The molecule has 0 saturated heterocycles. The van der Waals surface area contributed by atoms with Gasteiger partial charge in [0, 0.05) is 21.3 Å². The topological polar surface area (TPSA) is 49.3 Å². The summed E-state index contributed by atoms with van der Waals surface area (Å²) in [7, 11) is 0. The van der Waals surface area contributed by atoms with Crippen LogP contribution in [-0.4, -0.2) is 11.0 Å². The van der Waals surface area contributed by atoms with Crippen molar-refractivity contribution in [3.05, 3.63) is 54.9 Å². The molecule has 2 aromatic rings. The zero-order chi connectivity index (χ0) is 15.1. The van der Waals surface area contributed by atoms with Gasteiger partial charge in [-0.15, -0.1) is 0 Å². The molecule has 0 aliphatic carbocycles. The first kappa shape index (κ1) is 14.8. The van der Waals surface area contributed by atoms with Gasteiger partial charge >= 0.3 is 0 Å². The van der Waals surface area contributed by atoms with Crippen molar-refractivity contribution < 1.29 is 9.90 Å². The van der Waals surface area contributed by atoms with Gasteiger partial charge in [0.25, 0.3) is 5.91 Å². The van der Waals surface area contributed by atoms with Crippen LogP contribution in [0.5, 0.6) is 5.75 Å². The van der Waals surface area contributed by atoms with Crippen LogP contribution < -0.4 is 5.32 Å². The maximum atomic E-state index is 12.1. The second-order valence-corrected chi connectivity index (χ2v) is 7.16. The van der Waals surface area contributed by atoms with Crippen LogP contribution in [0.4, 0.5) is 5.69 Å². The molecule has 1 amide bonds. The first-order valence-corrected chi connectivity index (χ1v) is 8.34. The molecular weight excluding hydrogens is 466 g/mol.